The van der Waals surface area contributed by atoms with Gasteiger partial charge in [0.25, 0.3) is 0 Å². The highest BCUT2D eigenvalue weighted by Gasteiger charge is 2.13. The van der Waals surface area contributed by atoms with Gasteiger partial charge in [0.2, 0.25) is 0 Å². The topological polar surface area (TPSA) is 38.4 Å². The van der Waals surface area contributed by atoms with Crippen molar-refractivity contribution >= 4 is 27.5 Å². The Morgan fingerprint density at radius 3 is 3.00 bits per heavy atom. The molecule has 11 heavy (non-hydrogen) atoms. The first-order valence-corrected chi connectivity index (χ1v) is 4.17. The summed E-state index contributed by atoms with van der Waals surface area (Å²) in [6.07, 6.45) is 0.775. The summed E-state index contributed by atoms with van der Waals surface area (Å²) < 4.78 is 1.10. The van der Waals surface area contributed by atoms with Gasteiger partial charge in [-0.25, -0.2) is 4.99 Å². The van der Waals surface area contributed by atoms with Gasteiger partial charge < -0.3 is 5.73 Å². The van der Waals surface area contributed by atoms with Gasteiger partial charge in [0.15, 0.2) is 0 Å². The molecule has 2 N–H and O–H groups in total. The Morgan fingerprint density at radius 2 is 2.27 bits per heavy atom. The molecule has 0 aliphatic carbocycles. The van der Waals surface area contributed by atoms with E-state index in [0.29, 0.717) is 5.84 Å². The molecule has 0 atom stereocenters. The van der Waals surface area contributed by atoms with E-state index in [0.717, 1.165) is 16.6 Å². The molecule has 56 valence electrons. The molecule has 0 fully saturated rings. The van der Waals surface area contributed by atoms with Crippen molar-refractivity contribution in [3.63, 3.8) is 0 Å². The molecule has 0 unspecified atom stereocenters. The zero-order chi connectivity index (χ0) is 7.84. The van der Waals surface area contributed by atoms with Crippen molar-refractivity contribution in [3.05, 3.63) is 28.2 Å². The van der Waals surface area contributed by atoms with E-state index in [-0.39, 0.29) is 0 Å². The molecule has 0 bridgehead atoms. The van der Waals surface area contributed by atoms with Crippen LogP contribution in [0.15, 0.2) is 27.7 Å². The van der Waals surface area contributed by atoms with Crippen molar-refractivity contribution in [2.45, 2.75) is 6.42 Å². The van der Waals surface area contributed by atoms with Crippen LogP contribution in [0.2, 0.25) is 0 Å². The highest BCUT2D eigenvalue weighted by molar-refractivity contribution is 9.10. The molecule has 1 aromatic carbocycles. The molecule has 0 spiro atoms. The maximum atomic E-state index is 5.58. The van der Waals surface area contributed by atoms with Crippen molar-refractivity contribution in [1.82, 2.24) is 0 Å². The zero-order valence-corrected chi connectivity index (χ0v) is 7.43. The lowest BCUT2D eigenvalue weighted by Crippen LogP contribution is -2.09. The fourth-order valence-corrected chi connectivity index (χ4v) is 1.70. The van der Waals surface area contributed by atoms with Crippen molar-refractivity contribution in [2.75, 3.05) is 0 Å². The third-order valence-corrected chi connectivity index (χ3v) is 2.46. The van der Waals surface area contributed by atoms with Crippen LogP contribution in [-0.4, -0.2) is 5.84 Å². The summed E-state index contributed by atoms with van der Waals surface area (Å²) in [5.41, 5.74) is 7.78. The molecule has 2 rings (SSSR count). The third kappa shape index (κ3) is 1.05. The van der Waals surface area contributed by atoms with Crippen LogP contribution in [0.4, 0.5) is 5.69 Å². The summed E-state index contributed by atoms with van der Waals surface area (Å²) in [5, 5.41) is 0. The van der Waals surface area contributed by atoms with Gasteiger partial charge in [-0.3, -0.25) is 0 Å². The number of benzene rings is 1. The van der Waals surface area contributed by atoms with Crippen molar-refractivity contribution in [1.29, 1.82) is 0 Å². The van der Waals surface area contributed by atoms with Gasteiger partial charge in [-0.15, -0.1) is 0 Å². The van der Waals surface area contributed by atoms with Crippen LogP contribution in [0.5, 0.6) is 0 Å². The lowest BCUT2D eigenvalue weighted by molar-refractivity contribution is 1.34. The lowest BCUT2D eigenvalue weighted by atomic mass is 10.1. The minimum absolute atomic E-state index is 0.701. The average Bonchev–Trinajstić information content (AvgIpc) is 2.31. The van der Waals surface area contributed by atoms with Crippen LogP contribution in [0.3, 0.4) is 0 Å². The van der Waals surface area contributed by atoms with Crippen LogP contribution < -0.4 is 5.73 Å². The molecule has 0 amide bonds. The average molecular weight is 211 g/mol. The van der Waals surface area contributed by atoms with E-state index >= 15 is 0 Å². The third-order valence-electron chi connectivity index (χ3n) is 1.72. The molecule has 1 aromatic rings. The predicted octanol–water partition coefficient (Wildman–Crippen LogP) is 1.99. The zero-order valence-electron chi connectivity index (χ0n) is 5.84. The van der Waals surface area contributed by atoms with E-state index in [4.69, 9.17) is 5.73 Å². The maximum Gasteiger partial charge on any atom is 0.104 e. The number of halogens is 1. The van der Waals surface area contributed by atoms with Crippen LogP contribution in [-0.2, 0) is 6.42 Å². The van der Waals surface area contributed by atoms with Crippen LogP contribution in [0.25, 0.3) is 0 Å². The summed E-state index contributed by atoms with van der Waals surface area (Å²) in [7, 11) is 0. The first-order chi connectivity index (χ1) is 5.27. The molecule has 1 aliphatic rings. The van der Waals surface area contributed by atoms with Crippen molar-refractivity contribution in [2.24, 2.45) is 10.7 Å². The van der Waals surface area contributed by atoms with Crippen LogP contribution in [0.1, 0.15) is 5.56 Å². The number of hydrogen-bond donors (Lipinski definition) is 1. The van der Waals surface area contributed by atoms with E-state index in [2.05, 4.69) is 20.9 Å². The fourth-order valence-electron chi connectivity index (χ4n) is 1.20. The number of aliphatic imine (C=N–C) groups is 1. The van der Waals surface area contributed by atoms with Gasteiger partial charge in [0, 0.05) is 10.9 Å². The van der Waals surface area contributed by atoms with E-state index in [1.165, 1.54) is 5.56 Å². The largest absolute Gasteiger partial charge is 0.387 e. The summed E-state index contributed by atoms with van der Waals surface area (Å²) in [6.45, 7) is 0. The molecule has 2 nitrogen and oxygen atoms in total. The van der Waals surface area contributed by atoms with Crippen LogP contribution >= 0.6 is 15.9 Å². The Labute approximate surface area is 73.3 Å². The van der Waals surface area contributed by atoms with E-state index in [1.54, 1.807) is 0 Å². The summed E-state index contributed by atoms with van der Waals surface area (Å²) in [6, 6.07) is 5.94. The molecular weight excluding hydrogens is 204 g/mol. The Balaban J connectivity index is 2.59. The minimum Gasteiger partial charge on any atom is -0.387 e. The summed E-state index contributed by atoms with van der Waals surface area (Å²) in [4.78, 5) is 4.18. The SMILES string of the molecule is NC1=Nc2cccc(Br)c2C1. The fraction of sp³-hybridized carbons (Fsp3) is 0.125. The molecule has 1 heterocycles. The molecule has 0 saturated heterocycles. The van der Waals surface area contributed by atoms with Gasteiger partial charge in [-0.1, -0.05) is 22.0 Å². The van der Waals surface area contributed by atoms with Crippen molar-refractivity contribution < 1.29 is 0 Å². The van der Waals surface area contributed by atoms with Crippen molar-refractivity contribution in [3.8, 4) is 0 Å². The second-order valence-electron chi connectivity index (χ2n) is 2.52. The van der Waals surface area contributed by atoms with E-state index in [9.17, 15) is 0 Å². The summed E-state index contributed by atoms with van der Waals surface area (Å²) in [5.74, 6) is 0.701. The van der Waals surface area contributed by atoms with Gasteiger partial charge in [-0.2, -0.15) is 0 Å². The van der Waals surface area contributed by atoms with Gasteiger partial charge in [0.05, 0.1) is 5.69 Å². The lowest BCUT2D eigenvalue weighted by Gasteiger charge is -1.97. The second kappa shape index (κ2) is 2.34. The molecular formula is C8H7BrN2. The Bertz CT molecular complexity index is 331. The second-order valence-corrected chi connectivity index (χ2v) is 3.37. The molecule has 0 aromatic heterocycles. The predicted molar refractivity (Wildman–Crippen MR) is 49.1 cm³/mol. The van der Waals surface area contributed by atoms with Gasteiger partial charge >= 0.3 is 0 Å². The monoisotopic (exact) mass is 210 g/mol. The van der Waals surface area contributed by atoms with E-state index < -0.39 is 0 Å². The van der Waals surface area contributed by atoms with Gasteiger partial charge in [-0.05, 0) is 17.7 Å². The minimum atomic E-state index is 0.701. The number of rotatable bonds is 0. The Morgan fingerprint density at radius 1 is 1.45 bits per heavy atom. The molecule has 0 saturated carbocycles. The highest BCUT2D eigenvalue weighted by Crippen LogP contribution is 2.31. The number of fused-ring (bicyclic) bond motifs is 1. The Hall–Kier alpha value is -0.830. The standard InChI is InChI=1S/C8H7BrN2/c9-6-2-1-3-7-5(6)4-8(10)11-7/h1-3H,4H2,(H2,10,11). The number of hydrogen-bond acceptors (Lipinski definition) is 2. The highest BCUT2D eigenvalue weighted by atomic mass is 79.9. The van der Waals surface area contributed by atoms with Crippen LogP contribution in [0, 0.1) is 0 Å². The molecule has 0 radical (unpaired) electrons. The Kier molecular flexibility index (Phi) is 1.46. The number of nitrogens with two attached hydrogens (primary N) is 1. The maximum absolute atomic E-state index is 5.58. The van der Waals surface area contributed by atoms with Gasteiger partial charge in [0.1, 0.15) is 5.84 Å². The summed E-state index contributed by atoms with van der Waals surface area (Å²) >= 11 is 3.45. The number of amidine groups is 1. The smallest absolute Gasteiger partial charge is 0.104 e. The first kappa shape index (κ1) is 6.85. The number of nitrogens with zero attached hydrogens (tertiary/aromatic N) is 1. The quantitative estimate of drug-likeness (QED) is 0.700. The van der Waals surface area contributed by atoms with E-state index in [1.807, 2.05) is 18.2 Å². The first-order valence-electron chi connectivity index (χ1n) is 3.38. The normalized spacial score (nSPS) is 14.5. The molecule has 3 heteroatoms. The molecule has 1 aliphatic heterocycles.